The second-order valence-corrected chi connectivity index (χ2v) is 7.31. The van der Waals surface area contributed by atoms with Gasteiger partial charge in [0.05, 0.1) is 5.69 Å². The van der Waals surface area contributed by atoms with Gasteiger partial charge in [0.2, 0.25) is 5.91 Å². The van der Waals surface area contributed by atoms with Gasteiger partial charge in [0.1, 0.15) is 19.8 Å². The molecule has 0 radical (unpaired) electrons. The monoisotopic (exact) mass is 414 g/mol. The molecule has 29 heavy (non-hydrogen) atoms. The van der Waals surface area contributed by atoms with Gasteiger partial charge >= 0.3 is 0 Å². The summed E-state index contributed by atoms with van der Waals surface area (Å²) in [5.74, 6) is -0.378. The van der Waals surface area contributed by atoms with Crippen molar-refractivity contribution in [1.82, 2.24) is 9.99 Å². The molecule has 2 aromatic rings. The van der Waals surface area contributed by atoms with E-state index in [9.17, 15) is 14.4 Å². The van der Waals surface area contributed by atoms with Gasteiger partial charge in [-0.1, -0.05) is 5.22 Å². The lowest BCUT2D eigenvalue weighted by Gasteiger charge is -2.22. The van der Waals surface area contributed by atoms with Crippen LogP contribution in [0.15, 0.2) is 40.1 Å². The van der Waals surface area contributed by atoms with Crippen molar-refractivity contribution in [3.63, 3.8) is 0 Å². The summed E-state index contributed by atoms with van der Waals surface area (Å²) in [6.07, 6.45) is 1.57. The SMILES string of the molecule is O=C(CN1N=N[C@@H]2C(=O)N(c3ccc4c(c3)OCCO4)C(=O)[C@H]21)Nc1nccs1. The topological polar surface area (TPSA) is 126 Å². The molecule has 0 spiro atoms. The fraction of sp³-hybridized carbons (Fsp3) is 0.294. The average Bonchev–Trinajstić information content (AvgIpc) is 3.42. The Morgan fingerprint density at radius 3 is 2.83 bits per heavy atom. The van der Waals surface area contributed by atoms with Gasteiger partial charge in [-0.15, -0.1) is 11.3 Å². The van der Waals surface area contributed by atoms with Crippen LogP contribution in [-0.2, 0) is 14.4 Å². The van der Waals surface area contributed by atoms with Gasteiger partial charge in [-0.05, 0) is 12.1 Å². The number of anilines is 2. The lowest BCUT2D eigenvalue weighted by Crippen LogP contribution is -2.43. The highest BCUT2D eigenvalue weighted by Crippen LogP contribution is 2.37. The first-order chi connectivity index (χ1) is 14.1. The standard InChI is InChI=1S/C17H14N6O5S/c24-12(19-17-18-3-6-29-17)8-22-14-13(20-21-22)15(25)23(16(14)26)9-1-2-10-11(7-9)28-5-4-27-10/h1-3,6-7,13-14H,4-5,8H2,(H,18,19,24)/t13-,14-/m0/s1. The molecule has 0 saturated carbocycles. The third-order valence-corrected chi connectivity index (χ3v) is 5.31. The Bertz CT molecular complexity index is 1030. The third kappa shape index (κ3) is 2.97. The van der Waals surface area contributed by atoms with Gasteiger partial charge in [-0.3, -0.25) is 19.4 Å². The third-order valence-electron chi connectivity index (χ3n) is 4.63. The van der Waals surface area contributed by atoms with E-state index in [0.717, 1.165) is 4.90 Å². The maximum Gasteiger partial charge on any atom is 0.263 e. The van der Waals surface area contributed by atoms with Crippen molar-refractivity contribution >= 4 is 39.9 Å². The molecule has 148 valence electrons. The first-order valence-corrected chi connectivity index (χ1v) is 9.64. The highest BCUT2D eigenvalue weighted by Gasteiger charge is 2.55. The molecule has 1 saturated heterocycles. The Labute approximate surface area is 167 Å². The molecule has 3 aliphatic heterocycles. The number of fused-ring (bicyclic) bond motifs is 2. The largest absolute Gasteiger partial charge is 0.486 e. The van der Waals surface area contributed by atoms with E-state index in [4.69, 9.17) is 9.47 Å². The van der Waals surface area contributed by atoms with Crippen LogP contribution >= 0.6 is 11.3 Å². The molecule has 0 unspecified atom stereocenters. The summed E-state index contributed by atoms with van der Waals surface area (Å²) in [7, 11) is 0. The minimum absolute atomic E-state index is 0.224. The Morgan fingerprint density at radius 2 is 2.03 bits per heavy atom. The number of rotatable bonds is 4. The number of nitrogens with zero attached hydrogens (tertiary/aromatic N) is 5. The fourth-order valence-electron chi connectivity index (χ4n) is 3.37. The van der Waals surface area contributed by atoms with E-state index in [0.29, 0.717) is 35.5 Å². The molecule has 3 aliphatic rings. The molecule has 12 heteroatoms. The summed E-state index contributed by atoms with van der Waals surface area (Å²) in [4.78, 5) is 43.1. The predicted octanol–water partition coefficient (Wildman–Crippen LogP) is 0.846. The number of ether oxygens (including phenoxy) is 2. The molecule has 2 atom stereocenters. The van der Waals surface area contributed by atoms with Crippen LogP contribution in [0.25, 0.3) is 0 Å². The second-order valence-electron chi connectivity index (χ2n) is 6.42. The number of benzene rings is 1. The number of nitrogens with one attached hydrogen (secondary N) is 1. The number of hydrogen-bond donors (Lipinski definition) is 1. The van der Waals surface area contributed by atoms with E-state index in [1.165, 1.54) is 16.3 Å². The van der Waals surface area contributed by atoms with Crippen molar-refractivity contribution < 1.29 is 23.9 Å². The van der Waals surface area contributed by atoms with E-state index in [1.54, 1.807) is 29.8 Å². The minimum Gasteiger partial charge on any atom is -0.486 e. The van der Waals surface area contributed by atoms with Gasteiger partial charge in [-0.2, -0.15) is 5.11 Å². The lowest BCUT2D eigenvalue weighted by atomic mass is 10.1. The number of aromatic nitrogens is 1. The Kier molecular flexibility index (Phi) is 4.12. The maximum absolute atomic E-state index is 13.0. The summed E-state index contributed by atoms with van der Waals surface area (Å²) in [5.41, 5.74) is 0.362. The van der Waals surface area contributed by atoms with Crippen molar-refractivity contribution in [2.75, 3.05) is 30.0 Å². The van der Waals surface area contributed by atoms with Crippen LogP contribution in [0.1, 0.15) is 0 Å². The van der Waals surface area contributed by atoms with Crippen LogP contribution in [0.4, 0.5) is 10.8 Å². The van der Waals surface area contributed by atoms with Crippen LogP contribution in [0.2, 0.25) is 0 Å². The maximum atomic E-state index is 13.0. The van der Waals surface area contributed by atoms with Gasteiger partial charge in [0, 0.05) is 17.6 Å². The molecule has 11 nitrogen and oxygen atoms in total. The van der Waals surface area contributed by atoms with Crippen LogP contribution in [0.5, 0.6) is 11.5 Å². The van der Waals surface area contributed by atoms with Crippen LogP contribution in [-0.4, -0.2) is 59.6 Å². The Balaban J connectivity index is 1.35. The summed E-state index contributed by atoms with van der Waals surface area (Å²) in [6, 6.07) is 2.91. The van der Waals surface area contributed by atoms with Crippen LogP contribution in [0, 0.1) is 0 Å². The van der Waals surface area contributed by atoms with Crippen molar-refractivity contribution in [2.24, 2.45) is 10.3 Å². The van der Waals surface area contributed by atoms with Crippen molar-refractivity contribution in [3.8, 4) is 11.5 Å². The number of thiazole rings is 1. The average molecular weight is 414 g/mol. The molecule has 3 amide bonds. The summed E-state index contributed by atoms with van der Waals surface area (Å²) < 4.78 is 11.0. The number of hydrogen-bond acceptors (Lipinski definition) is 10. The van der Waals surface area contributed by atoms with Crippen LogP contribution < -0.4 is 19.7 Å². The summed E-state index contributed by atoms with van der Waals surface area (Å²) in [6.45, 7) is 0.606. The molecule has 1 aromatic heterocycles. The highest BCUT2D eigenvalue weighted by atomic mass is 32.1. The number of imide groups is 1. The Hall–Kier alpha value is -3.54. The van der Waals surface area contributed by atoms with Crippen LogP contribution in [0.3, 0.4) is 0 Å². The molecule has 1 N–H and O–H groups in total. The molecule has 0 bridgehead atoms. The summed E-state index contributed by atoms with van der Waals surface area (Å²) >= 11 is 1.27. The molecule has 0 aliphatic carbocycles. The minimum atomic E-state index is -0.983. The van der Waals surface area contributed by atoms with Crippen molar-refractivity contribution in [3.05, 3.63) is 29.8 Å². The Morgan fingerprint density at radius 1 is 1.21 bits per heavy atom. The molecular formula is C17H14N6O5S. The van der Waals surface area contributed by atoms with Gasteiger partial charge in [-0.25, -0.2) is 9.88 Å². The lowest BCUT2D eigenvalue weighted by molar-refractivity contribution is -0.123. The van der Waals surface area contributed by atoms with E-state index < -0.39 is 29.8 Å². The first kappa shape index (κ1) is 17.6. The fourth-order valence-corrected chi connectivity index (χ4v) is 3.92. The molecule has 5 rings (SSSR count). The molecule has 4 heterocycles. The van der Waals surface area contributed by atoms with Crippen molar-refractivity contribution in [2.45, 2.75) is 12.1 Å². The zero-order valence-electron chi connectivity index (χ0n) is 14.8. The van der Waals surface area contributed by atoms with E-state index in [2.05, 4.69) is 20.6 Å². The number of carbonyl (C=O) groups is 3. The highest BCUT2D eigenvalue weighted by molar-refractivity contribution is 7.13. The van der Waals surface area contributed by atoms with Crippen molar-refractivity contribution in [1.29, 1.82) is 0 Å². The van der Waals surface area contributed by atoms with Gasteiger partial charge in [0.15, 0.2) is 28.7 Å². The number of carbonyl (C=O) groups excluding carboxylic acids is 3. The quantitative estimate of drug-likeness (QED) is 0.735. The van der Waals surface area contributed by atoms with Gasteiger partial charge < -0.3 is 14.8 Å². The molecule has 1 fully saturated rings. The van der Waals surface area contributed by atoms with E-state index in [1.807, 2.05) is 0 Å². The smallest absolute Gasteiger partial charge is 0.263 e. The zero-order valence-corrected chi connectivity index (χ0v) is 15.7. The normalized spacial score (nSPS) is 22.2. The first-order valence-electron chi connectivity index (χ1n) is 8.76. The second kappa shape index (κ2) is 6.81. The zero-order chi connectivity index (χ0) is 20.0. The predicted molar refractivity (Wildman–Crippen MR) is 99.8 cm³/mol. The summed E-state index contributed by atoms with van der Waals surface area (Å²) in [5, 5.41) is 13.8. The van der Waals surface area contributed by atoms with E-state index in [-0.39, 0.29) is 6.54 Å². The van der Waals surface area contributed by atoms with E-state index >= 15 is 0 Å². The van der Waals surface area contributed by atoms with Gasteiger partial charge in [0.25, 0.3) is 11.8 Å². The molecular weight excluding hydrogens is 400 g/mol. The number of amides is 3. The molecule has 1 aromatic carbocycles.